The Hall–Kier alpha value is -3.41. The monoisotopic (exact) mass is 350 g/mol. The number of hydrogen-bond acceptors (Lipinski definition) is 5. The number of carbonyl (C=O) groups is 2. The predicted octanol–water partition coefficient (Wildman–Crippen LogP) is 3.33. The molecule has 0 aliphatic rings. The summed E-state index contributed by atoms with van der Waals surface area (Å²) in [5.41, 5.74) is 2.94. The molecule has 0 N–H and O–H groups in total. The van der Waals surface area contributed by atoms with Crippen LogP contribution in [0, 0.1) is 0 Å². The Morgan fingerprint density at radius 2 is 1.38 bits per heavy atom. The molecule has 2 aromatic heterocycles. The average Bonchev–Trinajstić information content (AvgIpc) is 3.01. The number of carbonyl (C=O) groups excluding carboxylic acids is 2. The maximum Gasteiger partial charge on any atom is 0.340 e. The third kappa shape index (κ3) is 2.86. The second kappa shape index (κ2) is 7.23. The van der Waals surface area contributed by atoms with Crippen LogP contribution in [0.2, 0.25) is 0 Å². The van der Waals surface area contributed by atoms with Gasteiger partial charge < -0.3 is 14.0 Å². The number of methoxy groups -OCH3 is 2. The Kier molecular flexibility index (Phi) is 4.84. The number of nitrogens with zero attached hydrogens (tertiary/aromatic N) is 2. The van der Waals surface area contributed by atoms with Crippen LogP contribution in [-0.2, 0) is 16.5 Å². The van der Waals surface area contributed by atoms with Gasteiger partial charge in [-0.15, -0.1) is 0 Å². The van der Waals surface area contributed by atoms with Gasteiger partial charge in [-0.25, -0.2) is 9.59 Å². The molecule has 0 aliphatic heterocycles. The van der Waals surface area contributed by atoms with Crippen LogP contribution in [0.15, 0.2) is 54.9 Å². The molecule has 0 saturated carbocycles. The molecule has 6 heteroatoms. The molecule has 0 aliphatic carbocycles. The van der Waals surface area contributed by atoms with Gasteiger partial charge in [0.25, 0.3) is 0 Å². The molecule has 0 spiro atoms. The van der Waals surface area contributed by atoms with Crippen LogP contribution in [0.25, 0.3) is 22.5 Å². The highest BCUT2D eigenvalue weighted by atomic mass is 16.5. The summed E-state index contributed by atoms with van der Waals surface area (Å²) in [5, 5.41) is 0. The summed E-state index contributed by atoms with van der Waals surface area (Å²) >= 11 is 0. The number of pyridine rings is 1. The van der Waals surface area contributed by atoms with E-state index in [0.717, 1.165) is 5.56 Å². The highest BCUT2D eigenvalue weighted by molar-refractivity contribution is 6.12. The van der Waals surface area contributed by atoms with Crippen molar-refractivity contribution in [2.75, 3.05) is 14.2 Å². The minimum absolute atomic E-state index is 0.161. The lowest BCUT2D eigenvalue weighted by molar-refractivity contribution is 0.0558. The van der Waals surface area contributed by atoms with E-state index in [9.17, 15) is 9.59 Å². The van der Waals surface area contributed by atoms with Crippen molar-refractivity contribution >= 4 is 11.9 Å². The molecule has 3 rings (SSSR count). The number of benzene rings is 1. The molecule has 0 bridgehead atoms. The van der Waals surface area contributed by atoms with Crippen molar-refractivity contribution in [2.24, 2.45) is 7.05 Å². The largest absolute Gasteiger partial charge is 0.465 e. The van der Waals surface area contributed by atoms with Crippen LogP contribution in [-0.4, -0.2) is 35.7 Å². The van der Waals surface area contributed by atoms with Crippen LogP contribution < -0.4 is 0 Å². The first kappa shape index (κ1) is 17.4. The normalized spacial score (nSPS) is 10.4. The first-order valence-electron chi connectivity index (χ1n) is 7.95. The summed E-state index contributed by atoms with van der Waals surface area (Å²) in [5.74, 6) is -1.21. The van der Waals surface area contributed by atoms with Gasteiger partial charge in [-0.1, -0.05) is 30.3 Å². The number of aromatic nitrogens is 2. The van der Waals surface area contributed by atoms with Crippen molar-refractivity contribution in [3.63, 3.8) is 0 Å². The van der Waals surface area contributed by atoms with E-state index in [4.69, 9.17) is 9.47 Å². The summed E-state index contributed by atoms with van der Waals surface area (Å²) < 4.78 is 11.7. The Morgan fingerprint density at radius 1 is 0.846 bits per heavy atom. The van der Waals surface area contributed by atoms with E-state index in [2.05, 4.69) is 4.98 Å². The third-order valence-corrected chi connectivity index (χ3v) is 4.16. The molecule has 0 atom stereocenters. The van der Waals surface area contributed by atoms with Crippen molar-refractivity contribution in [3.8, 4) is 22.5 Å². The van der Waals surface area contributed by atoms with Crippen LogP contribution in [0.4, 0.5) is 0 Å². The van der Waals surface area contributed by atoms with E-state index >= 15 is 0 Å². The predicted molar refractivity (Wildman–Crippen MR) is 96.8 cm³/mol. The number of esters is 2. The highest BCUT2D eigenvalue weighted by Gasteiger charge is 2.32. The molecule has 2 heterocycles. The van der Waals surface area contributed by atoms with E-state index in [-0.39, 0.29) is 11.1 Å². The molecule has 1 aromatic carbocycles. The van der Waals surface area contributed by atoms with E-state index < -0.39 is 11.9 Å². The molecule has 26 heavy (non-hydrogen) atoms. The molecule has 132 valence electrons. The zero-order chi connectivity index (χ0) is 18.7. The van der Waals surface area contributed by atoms with Gasteiger partial charge in [0, 0.05) is 25.0 Å². The summed E-state index contributed by atoms with van der Waals surface area (Å²) in [6, 6.07) is 12.9. The fourth-order valence-electron chi connectivity index (χ4n) is 3.06. The first-order chi connectivity index (χ1) is 12.6. The summed E-state index contributed by atoms with van der Waals surface area (Å²) in [7, 11) is 4.37. The van der Waals surface area contributed by atoms with Gasteiger partial charge in [-0.3, -0.25) is 4.98 Å². The molecule has 0 saturated heterocycles. The summed E-state index contributed by atoms with van der Waals surface area (Å²) in [6.07, 6.45) is 3.28. The van der Waals surface area contributed by atoms with E-state index in [1.165, 1.54) is 14.2 Å². The van der Waals surface area contributed by atoms with Gasteiger partial charge in [-0.2, -0.15) is 0 Å². The maximum atomic E-state index is 12.6. The average molecular weight is 350 g/mol. The van der Waals surface area contributed by atoms with Gasteiger partial charge >= 0.3 is 11.9 Å². The fraction of sp³-hybridized carbons (Fsp3) is 0.150. The lowest BCUT2D eigenvalue weighted by atomic mass is 10.0. The quantitative estimate of drug-likeness (QED) is 0.675. The molecular weight excluding hydrogens is 332 g/mol. The van der Waals surface area contributed by atoms with Crippen molar-refractivity contribution in [3.05, 3.63) is 66.0 Å². The smallest absolute Gasteiger partial charge is 0.340 e. The summed E-state index contributed by atoms with van der Waals surface area (Å²) in [4.78, 5) is 29.3. The van der Waals surface area contributed by atoms with Gasteiger partial charge in [0.15, 0.2) is 0 Å². The summed E-state index contributed by atoms with van der Waals surface area (Å²) in [6.45, 7) is 0. The van der Waals surface area contributed by atoms with Gasteiger partial charge in [0.2, 0.25) is 0 Å². The standard InChI is InChI=1S/C20H18N2O4/c1-22-17(13-8-5-4-6-9-13)15(19(23)25-2)16(20(24)26-3)18(22)14-10-7-11-21-12-14/h4-12H,1-3H3. The molecule has 0 radical (unpaired) electrons. The number of hydrogen-bond donors (Lipinski definition) is 0. The molecule has 0 fully saturated rings. The van der Waals surface area contributed by atoms with E-state index in [1.807, 2.05) is 36.4 Å². The Balaban J connectivity index is 2.44. The van der Waals surface area contributed by atoms with Crippen LogP contribution in [0.5, 0.6) is 0 Å². The second-order valence-corrected chi connectivity index (χ2v) is 5.60. The van der Waals surface area contributed by atoms with Crippen molar-refractivity contribution < 1.29 is 19.1 Å². The Bertz CT molecular complexity index is 870. The lowest BCUT2D eigenvalue weighted by Gasteiger charge is -2.09. The topological polar surface area (TPSA) is 70.4 Å². The maximum absolute atomic E-state index is 12.6. The first-order valence-corrected chi connectivity index (χ1v) is 7.95. The third-order valence-electron chi connectivity index (χ3n) is 4.16. The Labute approximate surface area is 151 Å². The fourth-order valence-corrected chi connectivity index (χ4v) is 3.06. The second-order valence-electron chi connectivity index (χ2n) is 5.60. The Morgan fingerprint density at radius 3 is 1.88 bits per heavy atom. The minimum atomic E-state index is -0.609. The van der Waals surface area contributed by atoms with Crippen LogP contribution in [0.1, 0.15) is 20.7 Å². The zero-order valence-corrected chi connectivity index (χ0v) is 14.7. The van der Waals surface area contributed by atoms with Gasteiger partial charge in [-0.05, 0) is 17.7 Å². The zero-order valence-electron chi connectivity index (χ0n) is 14.7. The molecule has 3 aromatic rings. The van der Waals surface area contributed by atoms with Gasteiger partial charge in [0.1, 0.15) is 11.1 Å². The van der Waals surface area contributed by atoms with Gasteiger partial charge in [0.05, 0.1) is 25.6 Å². The van der Waals surface area contributed by atoms with Crippen molar-refractivity contribution in [2.45, 2.75) is 0 Å². The molecule has 0 amide bonds. The SMILES string of the molecule is COC(=O)c1c(C(=O)OC)c(-c2cccnc2)n(C)c1-c1ccccc1. The van der Waals surface area contributed by atoms with Crippen molar-refractivity contribution in [1.29, 1.82) is 0 Å². The lowest BCUT2D eigenvalue weighted by Crippen LogP contribution is -2.11. The number of rotatable bonds is 4. The molecule has 6 nitrogen and oxygen atoms in total. The van der Waals surface area contributed by atoms with E-state index in [0.29, 0.717) is 17.0 Å². The van der Waals surface area contributed by atoms with Crippen LogP contribution >= 0.6 is 0 Å². The van der Waals surface area contributed by atoms with Crippen LogP contribution in [0.3, 0.4) is 0 Å². The van der Waals surface area contributed by atoms with Crippen molar-refractivity contribution in [1.82, 2.24) is 9.55 Å². The highest BCUT2D eigenvalue weighted by Crippen LogP contribution is 2.37. The minimum Gasteiger partial charge on any atom is -0.465 e. The van der Waals surface area contributed by atoms with E-state index in [1.54, 1.807) is 30.1 Å². The number of ether oxygens (including phenoxy) is 2. The molecule has 0 unspecified atom stereocenters. The molecular formula is C20H18N2O4.